The maximum atomic E-state index is 4.93. The lowest BCUT2D eigenvalue weighted by Gasteiger charge is -2.10. The molecule has 0 aliphatic carbocycles. The first kappa shape index (κ1) is 19.5. The van der Waals surface area contributed by atoms with E-state index in [1.165, 1.54) is 26.5 Å². The average Bonchev–Trinajstić information content (AvgIpc) is 2.69. The molecule has 0 unspecified atom stereocenters. The summed E-state index contributed by atoms with van der Waals surface area (Å²) < 4.78 is 0. The summed E-state index contributed by atoms with van der Waals surface area (Å²) in [5.74, 6) is 0. The van der Waals surface area contributed by atoms with E-state index in [2.05, 4.69) is 74.7 Å². The van der Waals surface area contributed by atoms with Gasteiger partial charge >= 0.3 is 0 Å². The standard InChI is InChI=1S/C24H23NS2/c1-18-11-7-9-15-22(18)26-17-20(3)24(25-21-13-5-4-6-14-21)27-23-16-10-8-12-19(23)2/h4-17H,1-3H3/b20-17?,25-24+. The summed E-state index contributed by atoms with van der Waals surface area (Å²) >= 11 is 3.48. The van der Waals surface area contributed by atoms with E-state index in [0.717, 1.165) is 10.7 Å². The summed E-state index contributed by atoms with van der Waals surface area (Å²) in [4.78, 5) is 7.44. The van der Waals surface area contributed by atoms with Gasteiger partial charge in [-0.2, -0.15) is 0 Å². The van der Waals surface area contributed by atoms with Crippen LogP contribution in [0.3, 0.4) is 0 Å². The van der Waals surface area contributed by atoms with Crippen molar-refractivity contribution < 1.29 is 0 Å². The molecule has 3 aromatic rings. The minimum absolute atomic E-state index is 0.974. The maximum Gasteiger partial charge on any atom is 0.105 e. The number of benzene rings is 3. The van der Waals surface area contributed by atoms with Crippen LogP contribution in [0.15, 0.2) is 105 Å². The summed E-state index contributed by atoms with van der Waals surface area (Å²) in [6, 6.07) is 27.1. The van der Waals surface area contributed by atoms with Crippen molar-refractivity contribution in [1.82, 2.24) is 0 Å². The molecule has 3 heteroatoms. The van der Waals surface area contributed by atoms with Crippen molar-refractivity contribution in [2.75, 3.05) is 0 Å². The highest BCUT2D eigenvalue weighted by Gasteiger charge is 2.09. The van der Waals surface area contributed by atoms with Crippen LogP contribution >= 0.6 is 23.5 Å². The molecule has 0 N–H and O–H groups in total. The molecule has 0 amide bonds. The normalized spacial score (nSPS) is 12.3. The summed E-state index contributed by atoms with van der Waals surface area (Å²) in [7, 11) is 0. The van der Waals surface area contributed by atoms with E-state index >= 15 is 0 Å². The van der Waals surface area contributed by atoms with Crippen LogP contribution in [0.2, 0.25) is 0 Å². The number of thioether (sulfide) groups is 2. The predicted octanol–water partition coefficient (Wildman–Crippen LogP) is 7.82. The molecule has 0 spiro atoms. The van der Waals surface area contributed by atoms with Gasteiger partial charge in [0.15, 0.2) is 0 Å². The first-order chi connectivity index (χ1) is 13.1. The van der Waals surface area contributed by atoms with Crippen molar-refractivity contribution in [1.29, 1.82) is 0 Å². The topological polar surface area (TPSA) is 12.4 Å². The van der Waals surface area contributed by atoms with E-state index in [0.29, 0.717) is 0 Å². The highest BCUT2D eigenvalue weighted by molar-refractivity contribution is 8.14. The molecular weight excluding hydrogens is 366 g/mol. The van der Waals surface area contributed by atoms with Gasteiger partial charge in [0.25, 0.3) is 0 Å². The van der Waals surface area contributed by atoms with Crippen molar-refractivity contribution in [3.05, 3.63) is 101 Å². The predicted molar refractivity (Wildman–Crippen MR) is 121 cm³/mol. The third kappa shape index (κ3) is 5.62. The Morgan fingerprint density at radius 1 is 0.741 bits per heavy atom. The minimum Gasteiger partial charge on any atom is -0.241 e. The third-order valence-electron chi connectivity index (χ3n) is 4.08. The maximum absolute atomic E-state index is 4.93. The Bertz CT molecular complexity index is 959. The van der Waals surface area contributed by atoms with Gasteiger partial charge in [-0.25, -0.2) is 4.99 Å². The van der Waals surface area contributed by atoms with Crippen molar-refractivity contribution >= 4 is 34.3 Å². The van der Waals surface area contributed by atoms with Gasteiger partial charge in [-0.15, -0.1) is 0 Å². The quantitative estimate of drug-likeness (QED) is 0.250. The molecule has 0 fully saturated rings. The highest BCUT2D eigenvalue weighted by atomic mass is 32.2. The van der Waals surface area contributed by atoms with Crippen molar-refractivity contribution in [3.8, 4) is 0 Å². The molecule has 0 aromatic heterocycles. The second kappa shape index (κ2) is 9.63. The SMILES string of the molecule is CC(=CSc1ccccc1C)/C(=N\c1ccccc1)Sc1ccccc1C. The number of aliphatic imine (C=N–C) groups is 1. The molecular formula is C24H23NS2. The lowest BCUT2D eigenvalue weighted by molar-refractivity contribution is 1.31. The Kier molecular flexibility index (Phi) is 6.97. The number of hydrogen-bond donors (Lipinski definition) is 0. The number of rotatable bonds is 5. The van der Waals surface area contributed by atoms with E-state index in [9.17, 15) is 0 Å². The number of hydrogen-bond acceptors (Lipinski definition) is 3. The molecule has 3 aromatic carbocycles. The molecule has 0 radical (unpaired) electrons. The van der Waals surface area contributed by atoms with Gasteiger partial charge in [-0.3, -0.25) is 0 Å². The molecule has 0 bridgehead atoms. The second-order valence-corrected chi connectivity index (χ2v) is 8.25. The van der Waals surface area contributed by atoms with Gasteiger partial charge in [-0.1, -0.05) is 78.1 Å². The largest absolute Gasteiger partial charge is 0.241 e. The number of nitrogens with zero attached hydrogens (tertiary/aromatic N) is 1. The first-order valence-electron chi connectivity index (χ1n) is 8.90. The van der Waals surface area contributed by atoms with Gasteiger partial charge < -0.3 is 0 Å². The molecule has 1 nitrogen and oxygen atoms in total. The minimum atomic E-state index is 0.974. The van der Waals surface area contributed by atoms with Gasteiger partial charge in [0.2, 0.25) is 0 Å². The van der Waals surface area contributed by atoms with Crippen LogP contribution in [0.5, 0.6) is 0 Å². The van der Waals surface area contributed by atoms with E-state index in [-0.39, 0.29) is 0 Å². The van der Waals surface area contributed by atoms with Crippen LogP contribution in [0, 0.1) is 13.8 Å². The van der Waals surface area contributed by atoms with Crippen molar-refractivity contribution in [2.24, 2.45) is 4.99 Å². The first-order valence-corrected chi connectivity index (χ1v) is 10.6. The van der Waals surface area contributed by atoms with Crippen LogP contribution < -0.4 is 0 Å². The molecule has 0 heterocycles. The Labute approximate surface area is 170 Å². The highest BCUT2D eigenvalue weighted by Crippen LogP contribution is 2.31. The zero-order valence-corrected chi connectivity index (χ0v) is 17.5. The van der Waals surface area contributed by atoms with Gasteiger partial charge in [0.1, 0.15) is 5.04 Å². The third-order valence-corrected chi connectivity index (χ3v) is 6.55. The van der Waals surface area contributed by atoms with E-state index in [4.69, 9.17) is 4.99 Å². The van der Waals surface area contributed by atoms with Crippen LogP contribution in [-0.4, -0.2) is 5.04 Å². The summed E-state index contributed by atoms with van der Waals surface area (Å²) in [5.41, 5.74) is 4.70. The van der Waals surface area contributed by atoms with Crippen LogP contribution in [-0.2, 0) is 0 Å². The lowest BCUT2D eigenvalue weighted by Crippen LogP contribution is -1.95. The van der Waals surface area contributed by atoms with Crippen LogP contribution in [0.1, 0.15) is 18.1 Å². The van der Waals surface area contributed by atoms with E-state index in [1.54, 1.807) is 23.5 Å². The molecule has 136 valence electrons. The van der Waals surface area contributed by atoms with E-state index in [1.807, 2.05) is 30.3 Å². The fourth-order valence-corrected chi connectivity index (χ4v) is 4.33. The van der Waals surface area contributed by atoms with E-state index < -0.39 is 0 Å². The molecule has 0 aliphatic rings. The smallest absolute Gasteiger partial charge is 0.105 e. The summed E-state index contributed by atoms with van der Waals surface area (Å²) in [6.45, 7) is 6.43. The molecule has 3 rings (SSSR count). The average molecular weight is 390 g/mol. The number of para-hydroxylation sites is 1. The Morgan fingerprint density at radius 2 is 1.30 bits per heavy atom. The second-order valence-electron chi connectivity index (χ2n) is 6.30. The summed E-state index contributed by atoms with van der Waals surface area (Å²) in [5, 5.41) is 3.23. The Morgan fingerprint density at radius 3 is 1.93 bits per heavy atom. The van der Waals surface area contributed by atoms with Crippen molar-refractivity contribution in [3.63, 3.8) is 0 Å². The van der Waals surface area contributed by atoms with Crippen LogP contribution in [0.25, 0.3) is 0 Å². The molecule has 27 heavy (non-hydrogen) atoms. The van der Waals surface area contributed by atoms with Crippen LogP contribution in [0.4, 0.5) is 5.69 Å². The van der Waals surface area contributed by atoms with Gasteiger partial charge in [0, 0.05) is 9.79 Å². The lowest BCUT2D eigenvalue weighted by atomic mass is 10.2. The summed E-state index contributed by atoms with van der Waals surface area (Å²) in [6.07, 6.45) is 0. The molecule has 0 saturated carbocycles. The Hall–Kier alpha value is -2.23. The fourth-order valence-electron chi connectivity index (χ4n) is 2.48. The molecule has 0 saturated heterocycles. The van der Waals surface area contributed by atoms with Gasteiger partial charge in [0.05, 0.1) is 5.69 Å². The zero-order valence-electron chi connectivity index (χ0n) is 15.8. The number of aryl methyl sites for hydroxylation is 2. The van der Waals surface area contributed by atoms with Crippen molar-refractivity contribution in [2.45, 2.75) is 30.6 Å². The molecule has 0 aliphatic heterocycles. The monoisotopic (exact) mass is 389 g/mol. The fraction of sp³-hybridized carbons (Fsp3) is 0.125. The Balaban J connectivity index is 1.91. The van der Waals surface area contributed by atoms with Gasteiger partial charge in [-0.05, 0) is 67.1 Å². The zero-order chi connectivity index (χ0) is 19.1. The molecule has 0 atom stereocenters.